The van der Waals surface area contributed by atoms with Crippen LogP contribution in [-0.4, -0.2) is 21.7 Å². The van der Waals surface area contributed by atoms with E-state index >= 15 is 0 Å². The Morgan fingerprint density at radius 1 is 1.26 bits per heavy atom. The average Bonchev–Trinajstić information content (AvgIpc) is 3.11. The number of nitriles is 1. The normalized spacial score (nSPS) is 11.6. The van der Waals surface area contributed by atoms with Gasteiger partial charge in [0.05, 0.1) is 29.5 Å². The fourth-order valence-electron chi connectivity index (χ4n) is 2.75. The zero-order valence-electron chi connectivity index (χ0n) is 16.3. The largest absolute Gasteiger partial charge is 0.593 e. The summed E-state index contributed by atoms with van der Waals surface area (Å²) >= 11 is -0.441. The highest BCUT2D eigenvalue weighted by atomic mass is 32.2. The van der Waals surface area contributed by atoms with Crippen LogP contribution in [-0.2, 0) is 17.9 Å². The molecule has 3 rings (SSSR count). The van der Waals surface area contributed by atoms with Gasteiger partial charge in [-0.25, -0.2) is 18.2 Å². The molecule has 160 valence electrons. The van der Waals surface area contributed by atoms with Gasteiger partial charge in [-0.2, -0.15) is 9.98 Å². The summed E-state index contributed by atoms with van der Waals surface area (Å²) in [5.41, 5.74) is 1.13. The zero-order valence-corrected chi connectivity index (χ0v) is 17.9. The van der Waals surface area contributed by atoms with Gasteiger partial charge in [0.15, 0.2) is 22.6 Å². The van der Waals surface area contributed by atoms with Gasteiger partial charge in [-0.15, -0.1) is 11.3 Å². The highest BCUT2D eigenvalue weighted by Gasteiger charge is 2.23. The molecule has 1 N–H and O–H groups in total. The Morgan fingerprint density at radius 2 is 1.87 bits per heavy atom. The molecule has 0 aliphatic rings. The first-order valence-electron chi connectivity index (χ1n) is 8.72. The number of hydrogen-bond donors (Lipinski definition) is 1. The molecule has 31 heavy (non-hydrogen) atoms. The number of carbonyl (C=O) groups excluding carboxylic acids is 1. The van der Waals surface area contributed by atoms with E-state index in [9.17, 15) is 22.5 Å². The molecule has 0 saturated heterocycles. The molecule has 1 amide bonds. The Labute approximate surface area is 183 Å². The minimum Gasteiger partial charge on any atom is -0.593 e. The fourth-order valence-corrected chi connectivity index (χ4v) is 4.04. The molecular weight excluding hydrogens is 449 g/mol. The number of aromatic nitrogens is 1. The van der Waals surface area contributed by atoms with E-state index in [-0.39, 0.29) is 17.8 Å². The van der Waals surface area contributed by atoms with Crippen molar-refractivity contribution >= 4 is 39.4 Å². The third kappa shape index (κ3) is 5.16. The second kappa shape index (κ2) is 9.38. The summed E-state index contributed by atoms with van der Waals surface area (Å²) in [6.07, 6.45) is 1.31. The van der Waals surface area contributed by atoms with Crippen molar-refractivity contribution in [2.75, 3.05) is 11.2 Å². The zero-order chi connectivity index (χ0) is 22.7. The lowest BCUT2D eigenvalue weighted by Gasteiger charge is -2.22. The van der Waals surface area contributed by atoms with E-state index in [4.69, 9.17) is 5.26 Å². The first kappa shape index (κ1) is 22.6. The van der Waals surface area contributed by atoms with E-state index in [0.717, 1.165) is 23.5 Å². The summed E-state index contributed by atoms with van der Waals surface area (Å²) in [5.74, 6) is -4.84. The van der Waals surface area contributed by atoms with Crippen molar-refractivity contribution in [2.24, 2.45) is 0 Å². The van der Waals surface area contributed by atoms with E-state index in [2.05, 4.69) is 9.71 Å². The molecule has 1 aromatic heterocycles. The molecule has 1 heterocycles. The molecule has 0 spiro atoms. The van der Waals surface area contributed by atoms with E-state index < -0.39 is 34.7 Å². The summed E-state index contributed by atoms with van der Waals surface area (Å²) in [6, 6.07) is 10.1. The van der Waals surface area contributed by atoms with Gasteiger partial charge in [0.25, 0.3) is 0 Å². The summed E-state index contributed by atoms with van der Waals surface area (Å²) < 4.78 is 54.4. The molecule has 1 unspecified atom stereocenters. The Bertz CT molecular complexity index is 1140. The van der Waals surface area contributed by atoms with Gasteiger partial charge < -0.3 is 9.45 Å². The Morgan fingerprint density at radius 3 is 2.42 bits per heavy atom. The van der Waals surface area contributed by atoms with Crippen molar-refractivity contribution in [3.05, 3.63) is 75.5 Å². The number of halogens is 3. The summed E-state index contributed by atoms with van der Waals surface area (Å²) in [5, 5.41) is 9.34. The Hall–Kier alpha value is -3.07. The van der Waals surface area contributed by atoms with Crippen molar-refractivity contribution in [1.29, 1.82) is 5.26 Å². The smallest absolute Gasteiger partial charge is 0.311 e. The summed E-state index contributed by atoms with van der Waals surface area (Å²) in [7, 11) is 0. The quantitative estimate of drug-likeness (QED) is 0.438. The standard InChI is InChI=1S/C20H15F3N4O2S2/c1-11-18(19(28)26-31(2)29)25-20(30-11)27(14-5-3-12(9-24)4-6-14)10-13-7-15(21)17(23)16(22)8-13/h3-8H,10H2,1-2H3,(H,26,28). The number of nitrogens with one attached hydrogen (secondary N) is 1. The maximum Gasteiger partial charge on any atom is 0.311 e. The highest BCUT2D eigenvalue weighted by molar-refractivity contribution is 7.89. The van der Waals surface area contributed by atoms with Crippen LogP contribution in [0.15, 0.2) is 36.4 Å². The number of aryl methyl sites for hydroxylation is 1. The van der Waals surface area contributed by atoms with Gasteiger partial charge in [-0.1, -0.05) is 0 Å². The number of anilines is 2. The van der Waals surface area contributed by atoms with Gasteiger partial charge in [-0.3, -0.25) is 4.79 Å². The molecule has 3 aromatic rings. The van der Waals surface area contributed by atoms with Crippen LogP contribution in [0.25, 0.3) is 0 Å². The summed E-state index contributed by atoms with van der Waals surface area (Å²) in [4.78, 5) is 18.7. The average molecular weight is 464 g/mol. The monoisotopic (exact) mass is 464 g/mol. The number of thiazole rings is 1. The first-order chi connectivity index (χ1) is 14.7. The van der Waals surface area contributed by atoms with Crippen LogP contribution in [0.5, 0.6) is 0 Å². The minimum absolute atomic E-state index is 0.0605. The van der Waals surface area contributed by atoms with Crippen LogP contribution in [0.4, 0.5) is 24.0 Å². The molecule has 0 radical (unpaired) electrons. The molecule has 0 saturated carbocycles. The van der Waals surface area contributed by atoms with Crippen LogP contribution in [0, 0.1) is 35.7 Å². The minimum atomic E-state index is -1.58. The lowest BCUT2D eigenvalue weighted by molar-refractivity contribution is 0.0977. The Kier molecular flexibility index (Phi) is 6.84. The van der Waals surface area contributed by atoms with Crippen molar-refractivity contribution < 1.29 is 22.5 Å². The molecule has 2 aromatic carbocycles. The predicted molar refractivity (Wildman–Crippen MR) is 112 cm³/mol. The molecule has 1 atom stereocenters. The van der Waals surface area contributed by atoms with Crippen LogP contribution >= 0.6 is 11.3 Å². The molecule has 0 aliphatic carbocycles. The van der Waals surface area contributed by atoms with E-state index in [1.165, 1.54) is 6.26 Å². The molecule has 11 heteroatoms. The topological polar surface area (TPSA) is 92.1 Å². The van der Waals surface area contributed by atoms with Gasteiger partial charge in [-0.05, 0) is 48.9 Å². The number of amides is 1. The maximum atomic E-state index is 13.7. The van der Waals surface area contributed by atoms with Crippen LogP contribution in [0.2, 0.25) is 0 Å². The number of nitrogens with zero attached hydrogens (tertiary/aromatic N) is 3. The van der Waals surface area contributed by atoms with E-state index in [0.29, 0.717) is 21.3 Å². The van der Waals surface area contributed by atoms with Crippen LogP contribution in [0.3, 0.4) is 0 Å². The van der Waals surface area contributed by atoms with Gasteiger partial charge in [0.2, 0.25) is 0 Å². The fraction of sp³-hybridized carbons (Fsp3) is 0.150. The molecule has 6 nitrogen and oxygen atoms in total. The van der Waals surface area contributed by atoms with Gasteiger partial charge in [0, 0.05) is 10.6 Å². The van der Waals surface area contributed by atoms with Crippen molar-refractivity contribution in [3.63, 3.8) is 0 Å². The van der Waals surface area contributed by atoms with E-state index in [1.807, 2.05) is 6.07 Å². The molecule has 0 fully saturated rings. The van der Waals surface area contributed by atoms with E-state index in [1.54, 1.807) is 36.1 Å². The molecule has 0 bridgehead atoms. The summed E-state index contributed by atoms with van der Waals surface area (Å²) in [6.45, 7) is 1.57. The third-order valence-electron chi connectivity index (χ3n) is 4.16. The van der Waals surface area contributed by atoms with Gasteiger partial charge >= 0.3 is 5.91 Å². The number of hydrogen-bond acceptors (Lipinski definition) is 6. The second-order valence-corrected chi connectivity index (χ2v) is 8.70. The second-order valence-electron chi connectivity index (χ2n) is 6.40. The molecule has 0 aliphatic heterocycles. The third-order valence-corrected chi connectivity index (χ3v) is 5.63. The highest BCUT2D eigenvalue weighted by Crippen LogP contribution is 2.33. The van der Waals surface area contributed by atoms with Crippen LogP contribution in [0.1, 0.15) is 26.5 Å². The Balaban J connectivity index is 2.04. The van der Waals surface area contributed by atoms with Crippen molar-refractivity contribution in [3.8, 4) is 6.07 Å². The van der Waals surface area contributed by atoms with Crippen LogP contribution < -0.4 is 9.62 Å². The SMILES string of the molecule is Cc1sc(N(Cc2cc(F)c(F)c(F)c2)c2ccc(C#N)cc2)nc1C(=O)N[S+](C)[O-]. The maximum absolute atomic E-state index is 13.7. The molecular formula is C20H15F3N4O2S2. The lowest BCUT2D eigenvalue weighted by Crippen LogP contribution is -2.30. The van der Waals surface area contributed by atoms with Crippen molar-refractivity contribution in [2.45, 2.75) is 13.5 Å². The van der Waals surface area contributed by atoms with Crippen molar-refractivity contribution in [1.82, 2.24) is 9.71 Å². The lowest BCUT2D eigenvalue weighted by atomic mass is 10.1. The van der Waals surface area contributed by atoms with Gasteiger partial charge in [0.1, 0.15) is 11.9 Å². The predicted octanol–water partition coefficient (Wildman–Crippen LogP) is 4.10. The number of carbonyl (C=O) groups is 1. The first-order valence-corrected chi connectivity index (χ1v) is 11.1. The number of benzene rings is 2. The number of rotatable bonds is 6.